The number of amides is 1. The average molecular weight is 466 g/mol. The first-order valence-electron chi connectivity index (χ1n) is 11.5. The topological polar surface area (TPSA) is 90.4 Å². The largest absolute Gasteiger partial charge is 0.417 e. The van der Waals surface area contributed by atoms with Crippen LogP contribution < -0.4 is 10.6 Å². The molecule has 2 aromatic rings. The highest BCUT2D eigenvalue weighted by Crippen LogP contribution is 2.33. The molecular formula is C23H30F3N5O2. The maximum absolute atomic E-state index is 13.0. The van der Waals surface area contributed by atoms with Gasteiger partial charge < -0.3 is 15.7 Å². The second kappa shape index (κ2) is 9.80. The average Bonchev–Trinajstić information content (AvgIpc) is 2.78. The van der Waals surface area contributed by atoms with E-state index in [1.54, 1.807) is 0 Å². The Morgan fingerprint density at radius 1 is 1.24 bits per heavy atom. The molecule has 33 heavy (non-hydrogen) atoms. The van der Waals surface area contributed by atoms with Crippen molar-refractivity contribution in [2.75, 3.05) is 25.0 Å². The van der Waals surface area contributed by atoms with Crippen LogP contribution in [0.3, 0.4) is 0 Å². The molecule has 1 amide bonds. The summed E-state index contributed by atoms with van der Waals surface area (Å²) in [7, 11) is 0. The summed E-state index contributed by atoms with van der Waals surface area (Å²) in [5, 5.41) is 16.1. The van der Waals surface area contributed by atoms with Crippen molar-refractivity contribution in [2.45, 2.75) is 63.4 Å². The van der Waals surface area contributed by atoms with Gasteiger partial charge in [0.1, 0.15) is 5.82 Å². The SMILES string of the molecule is CC[C@H](O)C1CCC(N2CC(NC(=O)CNc3nccc4ncc(C(F)(F)F)cc34)C2)CC1. The first-order valence-corrected chi connectivity index (χ1v) is 11.5. The minimum absolute atomic E-state index is 0.0669. The summed E-state index contributed by atoms with van der Waals surface area (Å²) in [5.74, 6) is 0.370. The second-order valence-electron chi connectivity index (χ2n) is 9.06. The van der Waals surface area contributed by atoms with Crippen LogP contribution in [0.15, 0.2) is 24.5 Å². The molecular weight excluding hydrogens is 435 g/mol. The minimum Gasteiger partial charge on any atom is -0.393 e. The number of rotatable bonds is 7. The van der Waals surface area contributed by atoms with Crippen molar-refractivity contribution in [1.29, 1.82) is 0 Å². The van der Waals surface area contributed by atoms with Gasteiger partial charge in [0.2, 0.25) is 5.91 Å². The van der Waals surface area contributed by atoms with E-state index in [4.69, 9.17) is 0 Å². The van der Waals surface area contributed by atoms with E-state index in [0.29, 0.717) is 17.5 Å². The smallest absolute Gasteiger partial charge is 0.393 e. The normalized spacial score (nSPS) is 23.2. The Labute approximate surface area is 190 Å². The first-order chi connectivity index (χ1) is 15.7. The van der Waals surface area contributed by atoms with Gasteiger partial charge in [-0.1, -0.05) is 6.92 Å². The van der Waals surface area contributed by atoms with E-state index in [1.807, 2.05) is 6.92 Å². The van der Waals surface area contributed by atoms with E-state index in [9.17, 15) is 23.1 Å². The maximum atomic E-state index is 13.0. The van der Waals surface area contributed by atoms with Crippen molar-refractivity contribution < 1.29 is 23.1 Å². The van der Waals surface area contributed by atoms with Gasteiger partial charge in [-0.2, -0.15) is 13.2 Å². The predicted octanol–water partition coefficient (Wildman–Crippen LogP) is 3.19. The highest BCUT2D eigenvalue weighted by Gasteiger charge is 2.36. The Balaban J connectivity index is 1.24. The van der Waals surface area contributed by atoms with Gasteiger partial charge in [0, 0.05) is 36.9 Å². The molecule has 0 aromatic carbocycles. The first kappa shape index (κ1) is 23.7. The fraction of sp³-hybridized carbons (Fsp3) is 0.609. The van der Waals surface area contributed by atoms with Crippen LogP contribution in [-0.2, 0) is 11.0 Å². The fourth-order valence-corrected chi connectivity index (χ4v) is 4.88. The van der Waals surface area contributed by atoms with Gasteiger partial charge in [-0.25, -0.2) is 4.98 Å². The molecule has 0 unspecified atom stereocenters. The number of nitrogens with one attached hydrogen (secondary N) is 2. The Kier molecular flexibility index (Phi) is 7.04. The molecule has 10 heteroatoms. The van der Waals surface area contributed by atoms with E-state index in [-0.39, 0.29) is 35.8 Å². The summed E-state index contributed by atoms with van der Waals surface area (Å²) >= 11 is 0. The summed E-state index contributed by atoms with van der Waals surface area (Å²) in [6.45, 7) is 3.52. The van der Waals surface area contributed by atoms with Crippen molar-refractivity contribution >= 4 is 22.6 Å². The number of anilines is 1. The molecule has 4 rings (SSSR count). The molecule has 1 saturated carbocycles. The number of alkyl halides is 3. The van der Waals surface area contributed by atoms with E-state index in [0.717, 1.165) is 57.5 Å². The van der Waals surface area contributed by atoms with Crippen LogP contribution in [0.25, 0.3) is 10.9 Å². The van der Waals surface area contributed by atoms with E-state index < -0.39 is 11.7 Å². The molecule has 0 bridgehead atoms. The summed E-state index contributed by atoms with van der Waals surface area (Å²) in [5.41, 5.74) is -0.486. The zero-order chi connectivity index (χ0) is 23.6. The standard InChI is InChI=1S/C23H30F3N5O2/c1-2-20(32)14-3-5-17(6-4-14)31-12-16(13-31)30-21(33)11-29-22-18-9-15(23(24,25)26)10-28-19(18)7-8-27-22/h7-10,14,16-17,20,32H,2-6,11-13H2,1H3,(H,27,29)(H,30,33)/t14?,17?,20-/m0/s1. The molecule has 3 heterocycles. The Hall–Kier alpha value is -2.46. The third-order valence-corrected chi connectivity index (χ3v) is 6.85. The Bertz CT molecular complexity index is 972. The highest BCUT2D eigenvalue weighted by atomic mass is 19.4. The zero-order valence-electron chi connectivity index (χ0n) is 18.6. The number of aliphatic hydroxyl groups is 1. The van der Waals surface area contributed by atoms with Gasteiger partial charge in [0.25, 0.3) is 0 Å². The number of carbonyl (C=O) groups is 1. The molecule has 2 aliphatic rings. The molecule has 7 nitrogen and oxygen atoms in total. The molecule has 1 saturated heterocycles. The summed E-state index contributed by atoms with van der Waals surface area (Å²) in [6, 6.07) is 3.09. The predicted molar refractivity (Wildman–Crippen MR) is 119 cm³/mol. The molecule has 0 radical (unpaired) electrons. The van der Waals surface area contributed by atoms with E-state index in [1.165, 1.54) is 12.3 Å². The number of fused-ring (bicyclic) bond motifs is 1. The van der Waals surface area contributed by atoms with Gasteiger partial charge in [0.05, 0.1) is 29.8 Å². The van der Waals surface area contributed by atoms with E-state index >= 15 is 0 Å². The van der Waals surface area contributed by atoms with Crippen molar-refractivity contribution in [3.05, 3.63) is 30.1 Å². The number of hydrogen-bond donors (Lipinski definition) is 3. The van der Waals surface area contributed by atoms with Crippen molar-refractivity contribution in [1.82, 2.24) is 20.2 Å². The highest BCUT2D eigenvalue weighted by molar-refractivity contribution is 5.91. The number of carbonyl (C=O) groups excluding carboxylic acids is 1. The molecule has 2 aromatic heterocycles. The third-order valence-electron chi connectivity index (χ3n) is 6.85. The van der Waals surface area contributed by atoms with Crippen LogP contribution in [0.4, 0.5) is 19.0 Å². The summed E-state index contributed by atoms with van der Waals surface area (Å²) < 4.78 is 39.1. The summed E-state index contributed by atoms with van der Waals surface area (Å²) in [6.07, 6.45) is 2.57. The van der Waals surface area contributed by atoms with Crippen LogP contribution in [0, 0.1) is 5.92 Å². The maximum Gasteiger partial charge on any atom is 0.417 e. The fourth-order valence-electron chi connectivity index (χ4n) is 4.88. The number of likely N-dealkylation sites (tertiary alicyclic amines) is 1. The zero-order valence-corrected chi connectivity index (χ0v) is 18.6. The van der Waals surface area contributed by atoms with Gasteiger partial charge in [-0.05, 0) is 50.2 Å². The van der Waals surface area contributed by atoms with Crippen LogP contribution in [0.5, 0.6) is 0 Å². The van der Waals surface area contributed by atoms with E-state index in [2.05, 4.69) is 25.5 Å². The lowest BCUT2D eigenvalue weighted by molar-refractivity contribution is -0.137. The lowest BCUT2D eigenvalue weighted by Crippen LogP contribution is -2.63. The third kappa shape index (κ3) is 5.55. The van der Waals surface area contributed by atoms with Crippen LogP contribution in [0.2, 0.25) is 0 Å². The molecule has 0 spiro atoms. The van der Waals surface area contributed by atoms with Gasteiger partial charge >= 0.3 is 6.18 Å². The number of nitrogens with zero attached hydrogens (tertiary/aromatic N) is 3. The summed E-state index contributed by atoms with van der Waals surface area (Å²) in [4.78, 5) is 22.7. The lowest BCUT2D eigenvalue weighted by Gasteiger charge is -2.47. The molecule has 180 valence electrons. The second-order valence-corrected chi connectivity index (χ2v) is 9.06. The molecule has 3 N–H and O–H groups in total. The number of hydrogen-bond acceptors (Lipinski definition) is 6. The van der Waals surface area contributed by atoms with Gasteiger partial charge in [-0.3, -0.25) is 14.7 Å². The van der Waals surface area contributed by atoms with Crippen molar-refractivity contribution in [3.8, 4) is 0 Å². The lowest BCUT2D eigenvalue weighted by atomic mass is 9.80. The number of halogens is 3. The van der Waals surface area contributed by atoms with Crippen molar-refractivity contribution in [3.63, 3.8) is 0 Å². The van der Waals surface area contributed by atoms with Crippen molar-refractivity contribution in [2.24, 2.45) is 5.92 Å². The quantitative estimate of drug-likeness (QED) is 0.582. The number of aliphatic hydroxyl groups excluding tert-OH is 1. The Morgan fingerprint density at radius 2 is 1.97 bits per heavy atom. The Morgan fingerprint density at radius 3 is 2.64 bits per heavy atom. The monoisotopic (exact) mass is 465 g/mol. The van der Waals surface area contributed by atoms with Crippen LogP contribution in [-0.4, -0.2) is 63.7 Å². The van der Waals surface area contributed by atoms with Gasteiger partial charge in [0.15, 0.2) is 0 Å². The molecule has 1 atom stereocenters. The molecule has 2 fully saturated rings. The van der Waals surface area contributed by atoms with Gasteiger partial charge in [-0.15, -0.1) is 0 Å². The number of aromatic nitrogens is 2. The van der Waals surface area contributed by atoms with Crippen LogP contribution in [0.1, 0.15) is 44.6 Å². The number of pyridine rings is 2. The van der Waals surface area contributed by atoms with Crippen LogP contribution >= 0.6 is 0 Å². The molecule has 1 aliphatic carbocycles. The molecule has 1 aliphatic heterocycles. The minimum atomic E-state index is -4.50.